The lowest BCUT2D eigenvalue weighted by Crippen LogP contribution is -2.47. The third-order valence-corrected chi connectivity index (χ3v) is 2.94. The fourth-order valence-electron chi connectivity index (χ4n) is 1.75. The highest BCUT2D eigenvalue weighted by molar-refractivity contribution is 5.82. The van der Waals surface area contributed by atoms with Crippen molar-refractivity contribution in [3.8, 4) is 5.75 Å². The van der Waals surface area contributed by atoms with Crippen molar-refractivity contribution in [2.75, 3.05) is 13.7 Å². The van der Waals surface area contributed by atoms with Crippen LogP contribution < -0.4 is 11.1 Å². The van der Waals surface area contributed by atoms with Crippen molar-refractivity contribution in [1.82, 2.24) is 5.32 Å². The molecule has 106 valence electrons. The molecule has 5 heteroatoms. The first-order valence-electron chi connectivity index (χ1n) is 6.39. The van der Waals surface area contributed by atoms with Gasteiger partial charge in [0.15, 0.2) is 0 Å². The molecule has 0 heterocycles. The Hall–Kier alpha value is -1.59. The molecule has 0 aliphatic heterocycles. The summed E-state index contributed by atoms with van der Waals surface area (Å²) in [6, 6.07) is 6.07. The highest BCUT2D eigenvalue weighted by Crippen LogP contribution is 2.11. The molecule has 1 rings (SSSR count). The summed E-state index contributed by atoms with van der Waals surface area (Å²) < 4.78 is 5.02. The minimum atomic E-state index is -0.601. The second kappa shape index (κ2) is 7.76. The second-order valence-electron chi connectivity index (χ2n) is 4.55. The van der Waals surface area contributed by atoms with Gasteiger partial charge in [-0.05, 0) is 30.5 Å². The summed E-state index contributed by atoms with van der Waals surface area (Å²) in [4.78, 5) is 11.9. The number of phenols is 1. The molecule has 0 aliphatic carbocycles. The molecule has 1 unspecified atom stereocenters. The van der Waals surface area contributed by atoms with Gasteiger partial charge in [-0.3, -0.25) is 4.79 Å². The van der Waals surface area contributed by atoms with E-state index < -0.39 is 6.04 Å². The molecule has 0 spiro atoms. The number of carbonyl (C=O) groups is 1. The van der Waals surface area contributed by atoms with Crippen LogP contribution in [0, 0.1) is 0 Å². The summed E-state index contributed by atoms with van der Waals surface area (Å²) in [5.74, 6) is 0.0184. The number of rotatable bonds is 7. The fraction of sp³-hybridized carbons (Fsp3) is 0.500. The number of nitrogens with one attached hydrogen (secondary N) is 1. The van der Waals surface area contributed by atoms with Gasteiger partial charge in [0.1, 0.15) is 5.75 Å². The number of methoxy groups -OCH3 is 1. The van der Waals surface area contributed by atoms with E-state index in [9.17, 15) is 9.90 Å². The van der Waals surface area contributed by atoms with Gasteiger partial charge < -0.3 is 20.9 Å². The minimum Gasteiger partial charge on any atom is -0.508 e. The highest BCUT2D eigenvalue weighted by atomic mass is 16.5. The number of ether oxygens (including phenoxy) is 1. The fourth-order valence-corrected chi connectivity index (χ4v) is 1.75. The van der Waals surface area contributed by atoms with Crippen LogP contribution in [-0.2, 0) is 16.0 Å². The van der Waals surface area contributed by atoms with E-state index in [0.29, 0.717) is 13.0 Å². The summed E-state index contributed by atoms with van der Waals surface area (Å²) in [5.41, 5.74) is 6.79. The first kappa shape index (κ1) is 15.5. The Bertz CT molecular complexity index is 392. The number of carbonyl (C=O) groups excluding carboxylic acids is 1. The lowest BCUT2D eigenvalue weighted by molar-refractivity contribution is -0.123. The van der Waals surface area contributed by atoms with Gasteiger partial charge in [0.25, 0.3) is 0 Å². The van der Waals surface area contributed by atoms with Gasteiger partial charge >= 0.3 is 0 Å². The first-order valence-corrected chi connectivity index (χ1v) is 6.39. The van der Waals surface area contributed by atoms with Crippen LogP contribution in [0.1, 0.15) is 18.9 Å². The van der Waals surface area contributed by atoms with Crippen LogP contribution in [-0.4, -0.2) is 36.8 Å². The average molecular weight is 266 g/mol. The Labute approximate surface area is 113 Å². The zero-order valence-electron chi connectivity index (χ0n) is 11.4. The van der Waals surface area contributed by atoms with Crippen LogP contribution in [0.2, 0.25) is 0 Å². The zero-order valence-corrected chi connectivity index (χ0v) is 11.4. The maximum Gasteiger partial charge on any atom is 0.237 e. The Morgan fingerprint density at radius 3 is 2.58 bits per heavy atom. The van der Waals surface area contributed by atoms with Crippen molar-refractivity contribution >= 4 is 5.91 Å². The Morgan fingerprint density at radius 2 is 2.05 bits per heavy atom. The average Bonchev–Trinajstić information content (AvgIpc) is 2.40. The monoisotopic (exact) mass is 266 g/mol. The van der Waals surface area contributed by atoms with Crippen molar-refractivity contribution < 1.29 is 14.6 Å². The second-order valence-corrected chi connectivity index (χ2v) is 4.55. The van der Waals surface area contributed by atoms with Crippen LogP contribution in [0.25, 0.3) is 0 Å². The normalized spacial score (nSPS) is 13.8. The Kier molecular flexibility index (Phi) is 6.32. The van der Waals surface area contributed by atoms with Crippen LogP contribution in [0.3, 0.4) is 0 Å². The number of hydrogen-bond acceptors (Lipinski definition) is 4. The van der Waals surface area contributed by atoms with Gasteiger partial charge in [0, 0.05) is 7.11 Å². The van der Waals surface area contributed by atoms with Crippen molar-refractivity contribution in [1.29, 1.82) is 0 Å². The number of hydrogen-bond donors (Lipinski definition) is 3. The minimum absolute atomic E-state index is 0.0108. The smallest absolute Gasteiger partial charge is 0.237 e. The van der Waals surface area contributed by atoms with E-state index >= 15 is 0 Å². The van der Waals surface area contributed by atoms with Gasteiger partial charge in [-0.1, -0.05) is 19.1 Å². The lowest BCUT2D eigenvalue weighted by atomic mass is 10.1. The molecule has 5 nitrogen and oxygen atoms in total. The van der Waals surface area contributed by atoms with Crippen LogP contribution in [0.15, 0.2) is 24.3 Å². The first-order chi connectivity index (χ1) is 9.06. The summed E-state index contributed by atoms with van der Waals surface area (Å²) in [6.45, 7) is 2.46. The van der Waals surface area contributed by atoms with Gasteiger partial charge in [0.2, 0.25) is 5.91 Å². The number of amides is 1. The quantitative estimate of drug-likeness (QED) is 0.681. The number of nitrogens with two attached hydrogens (primary N) is 1. The summed E-state index contributed by atoms with van der Waals surface area (Å²) >= 11 is 0. The van der Waals surface area contributed by atoms with E-state index in [1.165, 1.54) is 0 Å². The number of aromatic hydroxyl groups is 1. The molecule has 0 saturated heterocycles. The topological polar surface area (TPSA) is 84.6 Å². The van der Waals surface area contributed by atoms with Crippen molar-refractivity contribution in [3.05, 3.63) is 29.8 Å². The molecule has 0 fully saturated rings. The van der Waals surface area contributed by atoms with Gasteiger partial charge in [-0.25, -0.2) is 0 Å². The van der Waals surface area contributed by atoms with E-state index in [1.54, 1.807) is 31.4 Å². The van der Waals surface area contributed by atoms with E-state index in [1.807, 2.05) is 6.92 Å². The molecule has 1 aromatic carbocycles. The zero-order chi connectivity index (χ0) is 14.3. The van der Waals surface area contributed by atoms with Gasteiger partial charge in [-0.15, -0.1) is 0 Å². The predicted molar refractivity (Wildman–Crippen MR) is 73.9 cm³/mol. The van der Waals surface area contributed by atoms with Crippen molar-refractivity contribution in [2.24, 2.45) is 5.73 Å². The van der Waals surface area contributed by atoms with E-state index in [4.69, 9.17) is 10.5 Å². The van der Waals surface area contributed by atoms with Crippen molar-refractivity contribution in [3.63, 3.8) is 0 Å². The standard InChI is InChI=1S/C14H22N2O3/c1-3-11(9-19-2)16-14(18)13(15)8-10-4-6-12(17)7-5-10/h4-7,11,13,17H,3,8-9,15H2,1-2H3,(H,16,18)/t11?,13-/m1/s1. The summed E-state index contributed by atoms with van der Waals surface area (Å²) in [5, 5.41) is 12.0. The molecule has 0 aliphatic rings. The SMILES string of the molecule is CCC(COC)NC(=O)[C@H](N)Cc1ccc(O)cc1. The van der Waals surface area contributed by atoms with Crippen LogP contribution in [0.4, 0.5) is 0 Å². The summed E-state index contributed by atoms with van der Waals surface area (Å²) in [7, 11) is 1.60. The lowest BCUT2D eigenvalue weighted by Gasteiger charge is -2.19. The summed E-state index contributed by atoms with van der Waals surface area (Å²) in [6.07, 6.45) is 1.24. The Balaban J connectivity index is 2.50. The molecule has 1 amide bonds. The van der Waals surface area contributed by atoms with E-state index in [2.05, 4.69) is 5.32 Å². The number of benzene rings is 1. The molecule has 4 N–H and O–H groups in total. The van der Waals surface area contributed by atoms with Gasteiger partial charge in [0.05, 0.1) is 18.7 Å². The third kappa shape index (κ3) is 5.28. The maximum absolute atomic E-state index is 11.9. The third-order valence-electron chi connectivity index (χ3n) is 2.94. The van der Waals surface area contributed by atoms with E-state index in [0.717, 1.165) is 12.0 Å². The van der Waals surface area contributed by atoms with Crippen molar-refractivity contribution in [2.45, 2.75) is 31.8 Å². The molecule has 0 aromatic heterocycles. The molecular weight excluding hydrogens is 244 g/mol. The predicted octanol–water partition coefficient (Wildman–Crippen LogP) is 0.803. The molecule has 0 bridgehead atoms. The molecule has 0 saturated carbocycles. The number of phenolic OH excluding ortho intramolecular Hbond substituents is 1. The maximum atomic E-state index is 11.9. The highest BCUT2D eigenvalue weighted by Gasteiger charge is 2.17. The Morgan fingerprint density at radius 1 is 1.42 bits per heavy atom. The molecule has 1 aromatic rings. The molecular formula is C14H22N2O3. The van der Waals surface area contributed by atoms with Crippen LogP contribution in [0.5, 0.6) is 5.75 Å². The van der Waals surface area contributed by atoms with Gasteiger partial charge in [-0.2, -0.15) is 0 Å². The molecule has 19 heavy (non-hydrogen) atoms. The molecule has 0 radical (unpaired) electrons. The van der Waals surface area contributed by atoms with E-state index in [-0.39, 0.29) is 17.7 Å². The molecule has 2 atom stereocenters. The van der Waals surface area contributed by atoms with Crippen LogP contribution >= 0.6 is 0 Å². The largest absolute Gasteiger partial charge is 0.508 e.